The highest BCUT2D eigenvalue weighted by atomic mass is 79.9. The summed E-state index contributed by atoms with van der Waals surface area (Å²) in [5, 5.41) is -0.186. The fourth-order valence-corrected chi connectivity index (χ4v) is 3.56. The maximum atomic E-state index is 13.1. The van der Waals surface area contributed by atoms with Crippen LogP contribution in [0.3, 0.4) is 0 Å². The number of halogens is 4. The topological polar surface area (TPSA) is 0 Å². The second-order valence-electron chi connectivity index (χ2n) is 3.97. The van der Waals surface area contributed by atoms with E-state index in [0.717, 1.165) is 20.1 Å². The van der Waals surface area contributed by atoms with E-state index in [4.69, 9.17) is 11.6 Å². The summed E-state index contributed by atoms with van der Waals surface area (Å²) in [6.45, 7) is 0. The monoisotopic (exact) mass is 390 g/mol. The molecule has 0 spiro atoms. The molecule has 1 atom stereocenters. The van der Waals surface area contributed by atoms with E-state index >= 15 is 0 Å². The molecule has 2 aromatic rings. The Morgan fingerprint density at radius 3 is 2.56 bits per heavy atom. The third kappa shape index (κ3) is 3.56. The van der Waals surface area contributed by atoms with Gasteiger partial charge in [-0.3, -0.25) is 0 Å². The van der Waals surface area contributed by atoms with E-state index < -0.39 is 0 Å². The minimum absolute atomic E-state index is 0.186. The Balaban J connectivity index is 2.19. The van der Waals surface area contributed by atoms with Crippen molar-refractivity contribution in [3.63, 3.8) is 0 Å². The molecule has 94 valence electrons. The third-order valence-corrected chi connectivity index (χ3v) is 4.17. The molecular weight excluding hydrogens is 382 g/mol. The smallest absolute Gasteiger partial charge is 0.123 e. The van der Waals surface area contributed by atoms with Crippen molar-refractivity contribution in [3.8, 4) is 0 Å². The summed E-state index contributed by atoms with van der Waals surface area (Å²) in [5.41, 5.74) is 1.90. The molecule has 0 saturated carbocycles. The van der Waals surface area contributed by atoms with E-state index in [1.165, 1.54) is 12.1 Å². The highest BCUT2D eigenvalue weighted by Crippen LogP contribution is 2.32. The molecule has 0 aromatic heterocycles. The normalized spacial score (nSPS) is 12.4. The lowest BCUT2D eigenvalue weighted by atomic mass is 10.0. The summed E-state index contributed by atoms with van der Waals surface area (Å²) in [5.74, 6) is -0.230. The van der Waals surface area contributed by atoms with Crippen LogP contribution in [-0.2, 0) is 6.42 Å². The van der Waals surface area contributed by atoms with Crippen LogP contribution < -0.4 is 0 Å². The largest absolute Gasteiger partial charge is 0.207 e. The van der Waals surface area contributed by atoms with Crippen LogP contribution in [0.1, 0.15) is 16.5 Å². The van der Waals surface area contributed by atoms with Gasteiger partial charge in [-0.2, -0.15) is 0 Å². The summed E-state index contributed by atoms with van der Waals surface area (Å²) in [6, 6.07) is 12.4. The fraction of sp³-hybridized carbons (Fsp3) is 0.143. The number of alkyl halides is 1. The summed E-state index contributed by atoms with van der Waals surface area (Å²) in [4.78, 5) is 0. The molecule has 0 aliphatic heterocycles. The Hall–Kier alpha value is -0.380. The van der Waals surface area contributed by atoms with Gasteiger partial charge in [-0.15, -0.1) is 11.6 Å². The Bertz CT molecular complexity index is 557. The Morgan fingerprint density at radius 1 is 1.11 bits per heavy atom. The molecule has 18 heavy (non-hydrogen) atoms. The van der Waals surface area contributed by atoms with Crippen LogP contribution in [0.2, 0.25) is 0 Å². The van der Waals surface area contributed by atoms with Crippen LogP contribution in [0, 0.1) is 5.82 Å². The zero-order valence-electron chi connectivity index (χ0n) is 9.34. The molecule has 0 bridgehead atoms. The highest BCUT2D eigenvalue weighted by molar-refractivity contribution is 9.11. The summed E-state index contributed by atoms with van der Waals surface area (Å²) >= 11 is 13.3. The third-order valence-electron chi connectivity index (χ3n) is 2.60. The van der Waals surface area contributed by atoms with Crippen molar-refractivity contribution in [2.45, 2.75) is 11.8 Å². The maximum Gasteiger partial charge on any atom is 0.123 e. The van der Waals surface area contributed by atoms with Crippen molar-refractivity contribution in [1.29, 1.82) is 0 Å². The van der Waals surface area contributed by atoms with Gasteiger partial charge in [0.2, 0.25) is 0 Å². The average Bonchev–Trinajstić information content (AvgIpc) is 2.28. The van der Waals surface area contributed by atoms with Gasteiger partial charge in [0.1, 0.15) is 5.82 Å². The van der Waals surface area contributed by atoms with E-state index in [1.807, 2.05) is 24.3 Å². The number of rotatable bonds is 3. The van der Waals surface area contributed by atoms with Crippen molar-refractivity contribution in [2.24, 2.45) is 0 Å². The van der Waals surface area contributed by atoms with E-state index in [9.17, 15) is 4.39 Å². The van der Waals surface area contributed by atoms with E-state index in [0.29, 0.717) is 6.42 Å². The molecule has 0 nitrogen and oxygen atoms in total. The fourth-order valence-electron chi connectivity index (χ4n) is 1.74. The molecule has 0 aliphatic carbocycles. The number of hydrogen-bond donors (Lipinski definition) is 0. The molecule has 1 unspecified atom stereocenters. The predicted molar refractivity (Wildman–Crippen MR) is 80.5 cm³/mol. The SMILES string of the molecule is Fc1cccc(CC(Cl)c2ccc(Br)cc2Br)c1. The molecule has 2 aromatic carbocycles. The zero-order chi connectivity index (χ0) is 13.1. The van der Waals surface area contributed by atoms with Crippen molar-refractivity contribution in [1.82, 2.24) is 0 Å². The number of benzene rings is 2. The first-order valence-electron chi connectivity index (χ1n) is 5.40. The second kappa shape index (κ2) is 6.18. The van der Waals surface area contributed by atoms with Crippen LogP contribution >= 0.6 is 43.5 Å². The van der Waals surface area contributed by atoms with Gasteiger partial charge in [0.15, 0.2) is 0 Å². The molecule has 4 heteroatoms. The van der Waals surface area contributed by atoms with Crippen molar-refractivity contribution in [2.75, 3.05) is 0 Å². The van der Waals surface area contributed by atoms with Gasteiger partial charge in [-0.25, -0.2) is 4.39 Å². The van der Waals surface area contributed by atoms with Crippen molar-refractivity contribution in [3.05, 3.63) is 68.4 Å². The molecule has 0 amide bonds. The minimum atomic E-state index is -0.230. The zero-order valence-corrected chi connectivity index (χ0v) is 13.3. The standard InChI is InChI=1S/C14H10Br2ClF/c15-10-4-5-12(13(16)8-10)14(17)7-9-2-1-3-11(18)6-9/h1-6,8,14H,7H2. The maximum absolute atomic E-state index is 13.1. The molecule has 2 rings (SSSR count). The van der Waals surface area contributed by atoms with Gasteiger partial charge in [0.25, 0.3) is 0 Å². The van der Waals surface area contributed by atoms with Crippen molar-refractivity contribution >= 4 is 43.5 Å². The van der Waals surface area contributed by atoms with E-state index in [2.05, 4.69) is 31.9 Å². The molecule has 0 fully saturated rings. The van der Waals surface area contributed by atoms with Crippen LogP contribution in [0.25, 0.3) is 0 Å². The van der Waals surface area contributed by atoms with Crippen LogP contribution in [0.4, 0.5) is 4.39 Å². The van der Waals surface area contributed by atoms with Gasteiger partial charge < -0.3 is 0 Å². The Morgan fingerprint density at radius 2 is 1.89 bits per heavy atom. The molecule has 0 aliphatic rings. The predicted octanol–water partition coefficient (Wildman–Crippen LogP) is 5.87. The lowest BCUT2D eigenvalue weighted by Gasteiger charge is -2.12. The van der Waals surface area contributed by atoms with E-state index in [-0.39, 0.29) is 11.2 Å². The minimum Gasteiger partial charge on any atom is -0.207 e. The van der Waals surface area contributed by atoms with Crippen LogP contribution in [0.5, 0.6) is 0 Å². The molecule has 0 heterocycles. The second-order valence-corrected chi connectivity index (χ2v) is 6.26. The van der Waals surface area contributed by atoms with Crippen LogP contribution in [-0.4, -0.2) is 0 Å². The first kappa shape index (κ1) is 14.0. The van der Waals surface area contributed by atoms with E-state index in [1.54, 1.807) is 6.07 Å². The van der Waals surface area contributed by atoms with Gasteiger partial charge in [0.05, 0.1) is 5.38 Å². The van der Waals surface area contributed by atoms with Crippen LogP contribution in [0.15, 0.2) is 51.4 Å². The Labute approximate surface area is 127 Å². The van der Waals surface area contributed by atoms with Crippen molar-refractivity contribution < 1.29 is 4.39 Å². The lowest BCUT2D eigenvalue weighted by Crippen LogP contribution is -1.97. The number of hydrogen-bond acceptors (Lipinski definition) is 0. The van der Waals surface area contributed by atoms with Gasteiger partial charge >= 0.3 is 0 Å². The quantitative estimate of drug-likeness (QED) is 0.573. The average molecular weight is 392 g/mol. The highest BCUT2D eigenvalue weighted by Gasteiger charge is 2.13. The molecule has 0 saturated heterocycles. The van der Waals surface area contributed by atoms with Gasteiger partial charge in [-0.05, 0) is 41.8 Å². The molecule has 0 radical (unpaired) electrons. The molecule has 0 N–H and O–H groups in total. The lowest BCUT2D eigenvalue weighted by molar-refractivity contribution is 0.625. The first-order valence-corrected chi connectivity index (χ1v) is 7.42. The van der Waals surface area contributed by atoms with Gasteiger partial charge in [-0.1, -0.05) is 50.1 Å². The first-order chi connectivity index (χ1) is 8.56. The Kier molecular flexibility index (Phi) is 4.82. The summed E-state index contributed by atoms with van der Waals surface area (Å²) in [6.07, 6.45) is 0.597. The summed E-state index contributed by atoms with van der Waals surface area (Å²) < 4.78 is 15.0. The molecular formula is C14H10Br2ClF. The summed E-state index contributed by atoms with van der Waals surface area (Å²) in [7, 11) is 0. The van der Waals surface area contributed by atoms with Gasteiger partial charge in [0, 0.05) is 8.95 Å².